The predicted octanol–water partition coefficient (Wildman–Crippen LogP) is 3.90. The third-order valence-electron chi connectivity index (χ3n) is 4.48. The minimum Gasteiger partial charge on any atom is -0.487 e. The molecule has 0 bridgehead atoms. The molecule has 0 aliphatic carbocycles. The van der Waals surface area contributed by atoms with Crippen LogP contribution in [0.4, 0.5) is 0 Å². The number of pyridine rings is 1. The van der Waals surface area contributed by atoms with Gasteiger partial charge in [-0.15, -0.1) is 0 Å². The largest absolute Gasteiger partial charge is 0.487 e. The standard InChI is InChI=1S/C20H15Cl2N3O3/c1-24-17(11-28-13-6-4-5-12(21)9-13)19-15(10-18(24)26)23-25(20(19)27)16-8-3-2-7-14(16)22/h2-10,23H,11H2,1H3. The number of hydrogen-bond donors (Lipinski definition) is 1. The summed E-state index contributed by atoms with van der Waals surface area (Å²) >= 11 is 12.2. The molecule has 142 valence electrons. The van der Waals surface area contributed by atoms with Crippen molar-refractivity contribution < 1.29 is 4.74 Å². The molecule has 0 radical (unpaired) electrons. The average Bonchev–Trinajstić information content (AvgIpc) is 2.98. The third-order valence-corrected chi connectivity index (χ3v) is 5.03. The van der Waals surface area contributed by atoms with Gasteiger partial charge in [-0.05, 0) is 30.3 Å². The van der Waals surface area contributed by atoms with E-state index in [1.54, 1.807) is 55.6 Å². The van der Waals surface area contributed by atoms with Crippen molar-refractivity contribution in [1.82, 2.24) is 14.3 Å². The minimum atomic E-state index is -0.316. The number of nitrogens with one attached hydrogen (secondary N) is 1. The van der Waals surface area contributed by atoms with Gasteiger partial charge in [0, 0.05) is 18.1 Å². The normalized spacial score (nSPS) is 11.1. The molecule has 0 saturated carbocycles. The van der Waals surface area contributed by atoms with Gasteiger partial charge in [0.15, 0.2) is 0 Å². The van der Waals surface area contributed by atoms with Crippen LogP contribution < -0.4 is 15.9 Å². The second-order valence-corrected chi connectivity index (χ2v) is 7.07. The number of ether oxygens (including phenoxy) is 1. The Morgan fingerprint density at radius 1 is 1.04 bits per heavy atom. The fourth-order valence-corrected chi connectivity index (χ4v) is 3.44. The monoisotopic (exact) mass is 415 g/mol. The van der Waals surface area contributed by atoms with Crippen LogP contribution in [0.1, 0.15) is 5.69 Å². The molecule has 0 saturated heterocycles. The maximum absolute atomic E-state index is 13.1. The zero-order chi connectivity index (χ0) is 19.8. The molecule has 2 aromatic heterocycles. The molecule has 0 spiro atoms. The van der Waals surface area contributed by atoms with E-state index in [0.29, 0.717) is 38.1 Å². The van der Waals surface area contributed by atoms with Crippen molar-refractivity contribution in [2.24, 2.45) is 7.05 Å². The number of rotatable bonds is 4. The Balaban J connectivity index is 1.86. The molecule has 0 fully saturated rings. The Hall–Kier alpha value is -2.96. The van der Waals surface area contributed by atoms with Crippen LogP contribution in [0.15, 0.2) is 64.2 Å². The van der Waals surface area contributed by atoms with Crippen molar-refractivity contribution in [1.29, 1.82) is 0 Å². The number of fused-ring (bicyclic) bond motifs is 1. The number of halogens is 2. The van der Waals surface area contributed by atoms with E-state index in [1.165, 1.54) is 15.3 Å². The van der Waals surface area contributed by atoms with Crippen molar-refractivity contribution in [2.45, 2.75) is 6.61 Å². The molecule has 0 amide bonds. The summed E-state index contributed by atoms with van der Waals surface area (Å²) in [6, 6.07) is 15.3. The van der Waals surface area contributed by atoms with Gasteiger partial charge in [0.05, 0.1) is 27.3 Å². The SMILES string of the molecule is Cn1c(COc2cccc(Cl)c2)c2c(=O)n(-c3ccccc3Cl)[nH]c2cc1=O. The van der Waals surface area contributed by atoms with Crippen LogP contribution in [0.3, 0.4) is 0 Å². The molecule has 4 aromatic rings. The highest BCUT2D eigenvalue weighted by molar-refractivity contribution is 6.32. The number of aromatic amines is 1. The molecule has 0 aliphatic heterocycles. The quantitative estimate of drug-likeness (QED) is 0.549. The second kappa shape index (κ2) is 7.22. The maximum atomic E-state index is 13.1. The summed E-state index contributed by atoms with van der Waals surface area (Å²) in [7, 11) is 1.60. The molecule has 1 N–H and O–H groups in total. The number of H-pyrrole nitrogens is 1. The van der Waals surface area contributed by atoms with Crippen molar-refractivity contribution in [3.8, 4) is 11.4 Å². The van der Waals surface area contributed by atoms with Gasteiger partial charge in [-0.2, -0.15) is 0 Å². The summed E-state index contributed by atoms with van der Waals surface area (Å²) in [5, 5.41) is 4.28. The van der Waals surface area contributed by atoms with Gasteiger partial charge in [-0.3, -0.25) is 14.7 Å². The average molecular weight is 416 g/mol. The van der Waals surface area contributed by atoms with Crippen LogP contribution in [-0.2, 0) is 13.7 Å². The third kappa shape index (κ3) is 3.21. The molecule has 28 heavy (non-hydrogen) atoms. The van der Waals surface area contributed by atoms with E-state index < -0.39 is 0 Å². The van der Waals surface area contributed by atoms with E-state index in [4.69, 9.17) is 27.9 Å². The zero-order valence-electron chi connectivity index (χ0n) is 14.8. The summed E-state index contributed by atoms with van der Waals surface area (Å²) in [6.45, 7) is 0.0268. The molecule has 2 heterocycles. The van der Waals surface area contributed by atoms with Gasteiger partial charge in [-0.1, -0.05) is 41.4 Å². The van der Waals surface area contributed by atoms with E-state index in [1.807, 2.05) is 0 Å². The number of aromatic nitrogens is 3. The fraction of sp³-hybridized carbons (Fsp3) is 0.100. The van der Waals surface area contributed by atoms with Gasteiger partial charge in [0.1, 0.15) is 12.4 Å². The van der Waals surface area contributed by atoms with Gasteiger partial charge < -0.3 is 9.30 Å². The highest BCUT2D eigenvalue weighted by Gasteiger charge is 2.18. The molecule has 2 aromatic carbocycles. The van der Waals surface area contributed by atoms with Crippen LogP contribution in [0.5, 0.6) is 5.75 Å². The van der Waals surface area contributed by atoms with Crippen molar-refractivity contribution in [3.05, 3.63) is 91.0 Å². The van der Waals surface area contributed by atoms with E-state index in [-0.39, 0.29) is 17.7 Å². The lowest BCUT2D eigenvalue weighted by molar-refractivity contribution is 0.297. The first-order valence-electron chi connectivity index (χ1n) is 8.42. The Bertz CT molecular complexity index is 1300. The number of nitrogens with zero attached hydrogens (tertiary/aromatic N) is 2. The lowest BCUT2D eigenvalue weighted by Crippen LogP contribution is -2.23. The number of para-hydroxylation sites is 1. The minimum absolute atomic E-state index is 0.0268. The smallest absolute Gasteiger partial charge is 0.281 e. The van der Waals surface area contributed by atoms with E-state index in [9.17, 15) is 9.59 Å². The fourth-order valence-electron chi connectivity index (χ4n) is 3.04. The van der Waals surface area contributed by atoms with E-state index in [0.717, 1.165) is 0 Å². The number of hydrogen-bond acceptors (Lipinski definition) is 3. The van der Waals surface area contributed by atoms with Crippen LogP contribution in [0.25, 0.3) is 16.6 Å². The van der Waals surface area contributed by atoms with Gasteiger partial charge in [0.25, 0.3) is 11.1 Å². The highest BCUT2D eigenvalue weighted by Crippen LogP contribution is 2.22. The maximum Gasteiger partial charge on any atom is 0.281 e. The Labute approximate surface area is 169 Å². The molecule has 0 aliphatic rings. The number of benzene rings is 2. The molecular formula is C20H15Cl2N3O3. The molecule has 0 unspecified atom stereocenters. The molecule has 8 heteroatoms. The first kappa shape index (κ1) is 18.4. The summed E-state index contributed by atoms with van der Waals surface area (Å²) in [5.41, 5.74) is 0.794. The van der Waals surface area contributed by atoms with Crippen LogP contribution in [0.2, 0.25) is 10.0 Å². The topological polar surface area (TPSA) is 69.0 Å². The summed E-state index contributed by atoms with van der Waals surface area (Å²) in [5.74, 6) is 0.541. The van der Waals surface area contributed by atoms with Crippen molar-refractivity contribution in [3.63, 3.8) is 0 Å². The summed E-state index contributed by atoms with van der Waals surface area (Å²) < 4.78 is 8.51. The Morgan fingerprint density at radius 2 is 1.82 bits per heavy atom. The lowest BCUT2D eigenvalue weighted by atomic mass is 10.2. The molecular weight excluding hydrogens is 401 g/mol. The van der Waals surface area contributed by atoms with Crippen molar-refractivity contribution in [2.75, 3.05) is 0 Å². The van der Waals surface area contributed by atoms with Gasteiger partial charge in [0.2, 0.25) is 0 Å². The Kier molecular flexibility index (Phi) is 4.75. The summed E-state index contributed by atoms with van der Waals surface area (Å²) in [6.07, 6.45) is 0. The van der Waals surface area contributed by atoms with E-state index >= 15 is 0 Å². The van der Waals surface area contributed by atoms with Gasteiger partial charge >= 0.3 is 0 Å². The highest BCUT2D eigenvalue weighted by atomic mass is 35.5. The molecule has 4 rings (SSSR count). The Morgan fingerprint density at radius 3 is 2.57 bits per heavy atom. The van der Waals surface area contributed by atoms with E-state index in [2.05, 4.69) is 5.10 Å². The first-order valence-corrected chi connectivity index (χ1v) is 9.18. The zero-order valence-corrected chi connectivity index (χ0v) is 16.3. The predicted molar refractivity (Wildman–Crippen MR) is 110 cm³/mol. The van der Waals surface area contributed by atoms with Crippen LogP contribution >= 0.6 is 23.2 Å². The van der Waals surface area contributed by atoms with Crippen LogP contribution in [0, 0.1) is 0 Å². The molecule has 6 nitrogen and oxygen atoms in total. The molecule has 0 atom stereocenters. The van der Waals surface area contributed by atoms with Gasteiger partial charge in [-0.25, -0.2) is 4.68 Å². The summed E-state index contributed by atoms with van der Waals surface area (Å²) in [4.78, 5) is 25.5. The first-order chi connectivity index (χ1) is 13.5. The van der Waals surface area contributed by atoms with Crippen LogP contribution in [-0.4, -0.2) is 14.3 Å². The van der Waals surface area contributed by atoms with Crippen molar-refractivity contribution >= 4 is 34.1 Å². The lowest BCUT2D eigenvalue weighted by Gasteiger charge is -2.11. The second-order valence-electron chi connectivity index (χ2n) is 6.23.